The summed E-state index contributed by atoms with van der Waals surface area (Å²) in [6, 6.07) is 6.41. The van der Waals surface area contributed by atoms with E-state index in [1.807, 2.05) is 0 Å². The first-order valence-corrected chi connectivity index (χ1v) is 4.95. The Balaban J connectivity index is 2.44. The molecule has 15 heavy (non-hydrogen) atoms. The standard InChI is InChI=1S/C9H10ClN3OS/c10-6-1-3-7(4-2-6)13-9(14)12-5-8(11)15/h1-4H,5H2,(H2,11,15)(H2,12,13,14). The van der Waals surface area contributed by atoms with E-state index in [1.54, 1.807) is 24.3 Å². The Labute approximate surface area is 97.8 Å². The average Bonchev–Trinajstić information content (AvgIpc) is 2.19. The Morgan fingerprint density at radius 1 is 1.40 bits per heavy atom. The second-order valence-corrected chi connectivity index (χ2v) is 3.74. The number of nitrogens with one attached hydrogen (secondary N) is 2. The van der Waals surface area contributed by atoms with Gasteiger partial charge in [-0.05, 0) is 24.3 Å². The van der Waals surface area contributed by atoms with Gasteiger partial charge in [0.1, 0.15) is 0 Å². The van der Waals surface area contributed by atoms with Crippen LogP contribution in [0.3, 0.4) is 0 Å². The number of amides is 2. The van der Waals surface area contributed by atoms with E-state index in [0.29, 0.717) is 10.7 Å². The molecule has 80 valence electrons. The quantitative estimate of drug-likeness (QED) is 0.709. The Hall–Kier alpha value is -1.33. The van der Waals surface area contributed by atoms with E-state index < -0.39 is 0 Å². The van der Waals surface area contributed by atoms with E-state index in [-0.39, 0.29) is 17.6 Å². The van der Waals surface area contributed by atoms with Crippen LogP contribution in [0.4, 0.5) is 10.5 Å². The third kappa shape index (κ3) is 4.62. The number of thiocarbonyl (C=S) groups is 1. The topological polar surface area (TPSA) is 67.1 Å². The first-order valence-electron chi connectivity index (χ1n) is 4.16. The smallest absolute Gasteiger partial charge is 0.319 e. The van der Waals surface area contributed by atoms with Gasteiger partial charge in [0.15, 0.2) is 0 Å². The van der Waals surface area contributed by atoms with Crippen molar-refractivity contribution in [3.8, 4) is 0 Å². The minimum Gasteiger partial charge on any atom is -0.392 e. The van der Waals surface area contributed by atoms with Gasteiger partial charge in [-0.15, -0.1) is 0 Å². The van der Waals surface area contributed by atoms with Crippen LogP contribution in [0.25, 0.3) is 0 Å². The molecule has 0 fully saturated rings. The fraction of sp³-hybridized carbons (Fsp3) is 0.111. The second-order valence-electron chi connectivity index (χ2n) is 2.78. The zero-order valence-electron chi connectivity index (χ0n) is 7.79. The summed E-state index contributed by atoms with van der Waals surface area (Å²) in [6.45, 7) is 0.175. The van der Waals surface area contributed by atoms with E-state index in [1.165, 1.54) is 0 Å². The van der Waals surface area contributed by atoms with Gasteiger partial charge in [0, 0.05) is 10.7 Å². The summed E-state index contributed by atoms with van der Waals surface area (Å²) in [5.41, 5.74) is 5.88. The highest BCUT2D eigenvalue weighted by atomic mass is 35.5. The lowest BCUT2D eigenvalue weighted by Gasteiger charge is -2.06. The minimum atomic E-state index is -0.356. The molecule has 1 aromatic carbocycles. The van der Waals surface area contributed by atoms with Crippen molar-refractivity contribution >= 4 is 40.5 Å². The Bertz CT molecular complexity index is 366. The molecule has 0 unspecified atom stereocenters. The molecular formula is C9H10ClN3OS. The van der Waals surface area contributed by atoms with E-state index in [9.17, 15) is 4.79 Å². The zero-order valence-corrected chi connectivity index (χ0v) is 9.36. The number of urea groups is 1. The Kier molecular flexibility index (Phi) is 4.33. The van der Waals surface area contributed by atoms with Crippen LogP contribution >= 0.6 is 23.8 Å². The number of nitrogens with two attached hydrogens (primary N) is 1. The Morgan fingerprint density at radius 2 is 2.00 bits per heavy atom. The Morgan fingerprint density at radius 3 is 2.53 bits per heavy atom. The summed E-state index contributed by atoms with van der Waals surface area (Å²) < 4.78 is 0. The highest BCUT2D eigenvalue weighted by Crippen LogP contribution is 2.12. The average molecular weight is 244 g/mol. The van der Waals surface area contributed by atoms with Crippen LogP contribution < -0.4 is 16.4 Å². The molecule has 0 saturated carbocycles. The molecule has 4 nitrogen and oxygen atoms in total. The van der Waals surface area contributed by atoms with Crippen LogP contribution in [-0.4, -0.2) is 17.6 Å². The van der Waals surface area contributed by atoms with Crippen molar-refractivity contribution < 1.29 is 4.79 Å². The summed E-state index contributed by atoms with van der Waals surface area (Å²) in [4.78, 5) is 11.5. The lowest BCUT2D eigenvalue weighted by molar-refractivity contribution is 0.253. The minimum absolute atomic E-state index is 0.175. The molecule has 4 N–H and O–H groups in total. The molecule has 0 radical (unpaired) electrons. The van der Waals surface area contributed by atoms with Gasteiger partial charge in [-0.25, -0.2) is 4.79 Å². The number of hydrogen-bond acceptors (Lipinski definition) is 2. The number of hydrogen-bond donors (Lipinski definition) is 3. The van der Waals surface area contributed by atoms with E-state index >= 15 is 0 Å². The zero-order chi connectivity index (χ0) is 11.3. The van der Waals surface area contributed by atoms with E-state index in [0.717, 1.165) is 0 Å². The molecule has 2 amide bonds. The molecule has 0 spiro atoms. The van der Waals surface area contributed by atoms with Crippen molar-refractivity contribution in [1.82, 2.24) is 5.32 Å². The highest BCUT2D eigenvalue weighted by Gasteiger charge is 2.00. The maximum atomic E-state index is 11.2. The molecule has 6 heteroatoms. The van der Waals surface area contributed by atoms with Gasteiger partial charge in [0.2, 0.25) is 0 Å². The molecular weight excluding hydrogens is 234 g/mol. The fourth-order valence-corrected chi connectivity index (χ4v) is 1.07. The molecule has 0 saturated heterocycles. The van der Waals surface area contributed by atoms with Crippen LogP contribution in [-0.2, 0) is 0 Å². The lowest BCUT2D eigenvalue weighted by atomic mass is 10.3. The van der Waals surface area contributed by atoms with Crippen molar-refractivity contribution in [2.24, 2.45) is 5.73 Å². The predicted molar refractivity (Wildman–Crippen MR) is 65.3 cm³/mol. The molecule has 1 aromatic rings. The number of rotatable bonds is 3. The van der Waals surface area contributed by atoms with Crippen LogP contribution in [0.1, 0.15) is 0 Å². The first-order chi connectivity index (χ1) is 7.08. The molecule has 0 aliphatic rings. The van der Waals surface area contributed by atoms with Crippen molar-refractivity contribution in [1.29, 1.82) is 0 Å². The van der Waals surface area contributed by atoms with Gasteiger partial charge in [0.25, 0.3) is 0 Å². The maximum Gasteiger partial charge on any atom is 0.319 e. The van der Waals surface area contributed by atoms with Crippen LogP contribution in [0, 0.1) is 0 Å². The summed E-state index contributed by atoms with van der Waals surface area (Å²) in [5.74, 6) is 0. The van der Waals surface area contributed by atoms with Crippen LogP contribution in [0.15, 0.2) is 24.3 Å². The number of halogens is 1. The van der Waals surface area contributed by atoms with Gasteiger partial charge in [-0.1, -0.05) is 23.8 Å². The van der Waals surface area contributed by atoms with E-state index in [4.69, 9.17) is 17.3 Å². The number of carbonyl (C=O) groups is 1. The second kappa shape index (κ2) is 5.53. The molecule has 0 heterocycles. The third-order valence-corrected chi connectivity index (χ3v) is 1.92. The van der Waals surface area contributed by atoms with Gasteiger partial charge < -0.3 is 16.4 Å². The summed E-state index contributed by atoms with van der Waals surface area (Å²) in [5, 5.41) is 5.71. The van der Waals surface area contributed by atoms with Crippen molar-refractivity contribution in [2.75, 3.05) is 11.9 Å². The third-order valence-electron chi connectivity index (χ3n) is 1.53. The van der Waals surface area contributed by atoms with Crippen molar-refractivity contribution in [3.63, 3.8) is 0 Å². The number of carbonyl (C=O) groups excluding carboxylic acids is 1. The summed E-state index contributed by atoms with van der Waals surface area (Å²) in [6.07, 6.45) is 0. The predicted octanol–water partition coefficient (Wildman–Crippen LogP) is 1.75. The van der Waals surface area contributed by atoms with Crippen molar-refractivity contribution in [2.45, 2.75) is 0 Å². The molecule has 0 aliphatic heterocycles. The van der Waals surface area contributed by atoms with Gasteiger partial charge in [-0.2, -0.15) is 0 Å². The maximum absolute atomic E-state index is 11.2. The van der Waals surface area contributed by atoms with Gasteiger partial charge >= 0.3 is 6.03 Å². The number of benzene rings is 1. The molecule has 1 rings (SSSR count). The fourth-order valence-electron chi connectivity index (χ4n) is 0.876. The van der Waals surface area contributed by atoms with Gasteiger partial charge in [0.05, 0.1) is 11.5 Å². The monoisotopic (exact) mass is 243 g/mol. The number of anilines is 1. The van der Waals surface area contributed by atoms with Gasteiger partial charge in [-0.3, -0.25) is 0 Å². The molecule has 0 bridgehead atoms. The highest BCUT2D eigenvalue weighted by molar-refractivity contribution is 7.80. The molecule has 0 atom stereocenters. The van der Waals surface area contributed by atoms with Crippen molar-refractivity contribution in [3.05, 3.63) is 29.3 Å². The normalized spacial score (nSPS) is 9.40. The lowest BCUT2D eigenvalue weighted by Crippen LogP contribution is -2.35. The summed E-state index contributed by atoms with van der Waals surface area (Å²) in [7, 11) is 0. The molecule has 0 aromatic heterocycles. The van der Waals surface area contributed by atoms with E-state index in [2.05, 4.69) is 22.9 Å². The molecule has 0 aliphatic carbocycles. The largest absolute Gasteiger partial charge is 0.392 e. The van der Waals surface area contributed by atoms with Crippen LogP contribution in [0.2, 0.25) is 5.02 Å². The summed E-state index contributed by atoms with van der Waals surface area (Å²) >= 11 is 10.3. The van der Waals surface area contributed by atoms with Crippen LogP contribution in [0.5, 0.6) is 0 Å². The first kappa shape index (κ1) is 11.7. The SMILES string of the molecule is NC(=S)CNC(=O)Nc1ccc(Cl)cc1.